The fourth-order valence-corrected chi connectivity index (χ4v) is 3.56. The maximum absolute atomic E-state index is 2.69. The fraction of sp³-hybridized carbons (Fsp3) is 0.500. The van der Waals surface area contributed by atoms with Crippen molar-refractivity contribution in [3.05, 3.63) is 59.4 Å². The number of hydrogen-bond donors (Lipinski definition) is 0. The standard InChI is InChI=1S/C20H28N2/c1-17-10-12-18(13-11-17)15-22(19-7-4-3-5-8-19)16-20-9-6-14-21(20)2/h6,9-14,19H,3-5,7-8,15-16H2,1-2H3. The molecule has 1 aliphatic carbocycles. The van der Waals surface area contributed by atoms with Crippen LogP contribution in [0.2, 0.25) is 0 Å². The molecule has 118 valence electrons. The average molecular weight is 296 g/mol. The average Bonchev–Trinajstić information content (AvgIpc) is 2.95. The molecule has 0 saturated heterocycles. The topological polar surface area (TPSA) is 8.17 Å². The molecule has 0 bridgehead atoms. The number of rotatable bonds is 5. The van der Waals surface area contributed by atoms with Gasteiger partial charge in [0.05, 0.1) is 0 Å². The smallest absolute Gasteiger partial charge is 0.0393 e. The Balaban J connectivity index is 1.75. The first-order valence-corrected chi connectivity index (χ1v) is 8.62. The molecule has 2 nitrogen and oxygen atoms in total. The zero-order valence-electron chi connectivity index (χ0n) is 14.0. The van der Waals surface area contributed by atoms with E-state index in [1.54, 1.807) is 0 Å². The molecule has 0 aliphatic heterocycles. The Kier molecular flexibility index (Phi) is 4.99. The molecule has 1 aromatic carbocycles. The van der Waals surface area contributed by atoms with Gasteiger partial charge in [0.15, 0.2) is 0 Å². The van der Waals surface area contributed by atoms with Gasteiger partial charge in [0.25, 0.3) is 0 Å². The van der Waals surface area contributed by atoms with Crippen LogP contribution >= 0.6 is 0 Å². The third-order valence-corrected chi connectivity index (χ3v) is 5.01. The van der Waals surface area contributed by atoms with Crippen LogP contribution in [0.25, 0.3) is 0 Å². The summed E-state index contributed by atoms with van der Waals surface area (Å²) in [5.74, 6) is 0. The zero-order valence-corrected chi connectivity index (χ0v) is 14.0. The van der Waals surface area contributed by atoms with Crippen molar-refractivity contribution in [2.45, 2.75) is 58.2 Å². The molecule has 0 radical (unpaired) electrons. The molecule has 1 fully saturated rings. The Morgan fingerprint density at radius 1 is 1.00 bits per heavy atom. The first-order valence-electron chi connectivity index (χ1n) is 8.62. The number of hydrogen-bond acceptors (Lipinski definition) is 1. The molecule has 22 heavy (non-hydrogen) atoms. The SMILES string of the molecule is Cc1ccc(CN(Cc2cccn2C)C2CCCCC2)cc1. The van der Waals surface area contributed by atoms with Gasteiger partial charge in [-0.25, -0.2) is 0 Å². The monoisotopic (exact) mass is 296 g/mol. The number of nitrogens with zero attached hydrogens (tertiary/aromatic N) is 2. The quantitative estimate of drug-likeness (QED) is 0.778. The highest BCUT2D eigenvalue weighted by Crippen LogP contribution is 2.25. The Hall–Kier alpha value is -1.54. The van der Waals surface area contributed by atoms with Gasteiger partial charge in [-0.3, -0.25) is 4.90 Å². The van der Waals surface area contributed by atoms with Gasteiger partial charge in [-0.1, -0.05) is 49.1 Å². The van der Waals surface area contributed by atoms with Crippen molar-refractivity contribution < 1.29 is 0 Å². The van der Waals surface area contributed by atoms with Crippen LogP contribution in [0.3, 0.4) is 0 Å². The fourth-order valence-electron chi connectivity index (χ4n) is 3.56. The summed E-state index contributed by atoms with van der Waals surface area (Å²) in [7, 11) is 2.15. The summed E-state index contributed by atoms with van der Waals surface area (Å²) in [5.41, 5.74) is 4.19. The van der Waals surface area contributed by atoms with Gasteiger partial charge in [0, 0.05) is 38.1 Å². The molecule has 1 heterocycles. The van der Waals surface area contributed by atoms with Crippen molar-refractivity contribution in [3.8, 4) is 0 Å². The van der Waals surface area contributed by atoms with Crippen molar-refractivity contribution in [3.63, 3.8) is 0 Å². The van der Waals surface area contributed by atoms with Gasteiger partial charge >= 0.3 is 0 Å². The van der Waals surface area contributed by atoms with E-state index in [1.165, 1.54) is 48.9 Å². The predicted octanol–water partition coefficient (Wildman–Crippen LogP) is 4.67. The molecule has 0 spiro atoms. The van der Waals surface area contributed by atoms with Gasteiger partial charge in [0.2, 0.25) is 0 Å². The summed E-state index contributed by atoms with van der Waals surface area (Å²) >= 11 is 0. The molecule has 2 heteroatoms. The van der Waals surface area contributed by atoms with Crippen LogP contribution in [0.5, 0.6) is 0 Å². The lowest BCUT2D eigenvalue weighted by atomic mass is 9.93. The van der Waals surface area contributed by atoms with Gasteiger partial charge in [-0.15, -0.1) is 0 Å². The van der Waals surface area contributed by atoms with E-state index < -0.39 is 0 Å². The molecule has 1 aromatic heterocycles. The molecule has 2 aromatic rings. The lowest BCUT2D eigenvalue weighted by Gasteiger charge is -2.34. The van der Waals surface area contributed by atoms with Crippen LogP contribution in [0, 0.1) is 6.92 Å². The summed E-state index contributed by atoms with van der Waals surface area (Å²) in [6, 6.07) is 14.2. The number of benzene rings is 1. The lowest BCUT2D eigenvalue weighted by molar-refractivity contribution is 0.137. The number of aromatic nitrogens is 1. The number of aryl methyl sites for hydroxylation is 2. The Labute approximate surface area is 134 Å². The van der Waals surface area contributed by atoms with E-state index >= 15 is 0 Å². The van der Waals surface area contributed by atoms with Crippen molar-refractivity contribution in [2.24, 2.45) is 7.05 Å². The minimum atomic E-state index is 0.741. The Morgan fingerprint density at radius 2 is 1.73 bits per heavy atom. The third kappa shape index (κ3) is 3.80. The molecule has 0 N–H and O–H groups in total. The van der Waals surface area contributed by atoms with Crippen LogP contribution in [0.4, 0.5) is 0 Å². The van der Waals surface area contributed by atoms with Crippen LogP contribution in [0.15, 0.2) is 42.6 Å². The van der Waals surface area contributed by atoms with Crippen molar-refractivity contribution in [1.29, 1.82) is 0 Å². The van der Waals surface area contributed by atoms with E-state index in [0.717, 1.165) is 19.1 Å². The molecule has 0 atom stereocenters. The highest BCUT2D eigenvalue weighted by Gasteiger charge is 2.22. The first-order chi connectivity index (χ1) is 10.7. The maximum atomic E-state index is 2.69. The minimum Gasteiger partial charge on any atom is -0.353 e. The van der Waals surface area contributed by atoms with Gasteiger partial charge in [-0.05, 0) is 37.5 Å². The Morgan fingerprint density at radius 3 is 2.36 bits per heavy atom. The summed E-state index contributed by atoms with van der Waals surface area (Å²) < 4.78 is 2.25. The van der Waals surface area contributed by atoms with E-state index in [1.807, 2.05) is 0 Å². The molecular formula is C20H28N2. The van der Waals surface area contributed by atoms with E-state index in [-0.39, 0.29) is 0 Å². The van der Waals surface area contributed by atoms with Gasteiger partial charge < -0.3 is 4.57 Å². The minimum absolute atomic E-state index is 0.741. The molecule has 3 rings (SSSR count). The zero-order chi connectivity index (χ0) is 15.4. The summed E-state index contributed by atoms with van der Waals surface area (Å²) in [4.78, 5) is 2.69. The molecular weight excluding hydrogens is 268 g/mol. The van der Waals surface area contributed by atoms with E-state index in [0.29, 0.717) is 0 Å². The first kappa shape index (κ1) is 15.4. The molecule has 0 amide bonds. The molecule has 0 unspecified atom stereocenters. The van der Waals surface area contributed by atoms with Gasteiger partial charge in [-0.2, -0.15) is 0 Å². The Bertz CT molecular complexity index is 576. The largest absolute Gasteiger partial charge is 0.353 e. The van der Waals surface area contributed by atoms with Crippen LogP contribution in [0.1, 0.15) is 48.9 Å². The lowest BCUT2D eigenvalue weighted by Crippen LogP contribution is -2.36. The normalized spacial score (nSPS) is 16.3. The van der Waals surface area contributed by atoms with Crippen LogP contribution in [-0.4, -0.2) is 15.5 Å². The van der Waals surface area contributed by atoms with Crippen molar-refractivity contribution in [2.75, 3.05) is 0 Å². The summed E-state index contributed by atoms with van der Waals surface area (Å²) in [5, 5.41) is 0. The maximum Gasteiger partial charge on any atom is 0.0393 e. The van der Waals surface area contributed by atoms with E-state index in [9.17, 15) is 0 Å². The van der Waals surface area contributed by atoms with E-state index in [2.05, 4.69) is 66.0 Å². The summed E-state index contributed by atoms with van der Waals surface area (Å²) in [6.07, 6.45) is 9.07. The van der Waals surface area contributed by atoms with Crippen LogP contribution in [-0.2, 0) is 20.1 Å². The molecule has 1 saturated carbocycles. The van der Waals surface area contributed by atoms with E-state index in [4.69, 9.17) is 0 Å². The van der Waals surface area contributed by atoms with Gasteiger partial charge in [0.1, 0.15) is 0 Å². The highest BCUT2D eigenvalue weighted by molar-refractivity contribution is 5.21. The second-order valence-corrected chi connectivity index (χ2v) is 6.79. The second-order valence-electron chi connectivity index (χ2n) is 6.79. The molecule has 1 aliphatic rings. The summed E-state index contributed by atoms with van der Waals surface area (Å²) in [6.45, 7) is 4.28. The second kappa shape index (κ2) is 7.15. The highest BCUT2D eigenvalue weighted by atomic mass is 15.2. The van der Waals surface area contributed by atoms with Crippen molar-refractivity contribution in [1.82, 2.24) is 9.47 Å². The van der Waals surface area contributed by atoms with Crippen molar-refractivity contribution >= 4 is 0 Å². The predicted molar refractivity (Wildman–Crippen MR) is 92.7 cm³/mol. The third-order valence-electron chi connectivity index (χ3n) is 5.01. The van der Waals surface area contributed by atoms with Crippen LogP contribution < -0.4 is 0 Å².